The largest absolute Gasteiger partial charge is 0.462 e. The van der Waals surface area contributed by atoms with Crippen molar-refractivity contribution in [1.29, 1.82) is 0 Å². The number of piperazine rings is 1. The molecule has 1 aliphatic heterocycles. The fourth-order valence-electron chi connectivity index (χ4n) is 4.12. The highest BCUT2D eigenvalue weighted by Crippen LogP contribution is 2.34. The Morgan fingerprint density at radius 1 is 1.03 bits per heavy atom. The standard InChI is InChI=1S/C25H23FN4O2/c1-29-9-11-30(12-10-29)18-7-5-16(6-8-18)17-13-22-24(28-14-17)21(15-32-22)19-3-2-4-20(23(19)26)25(27)31/h2-8,13-15H,9-12H2,1H3,(H2,27,31). The molecule has 0 aliphatic carbocycles. The lowest BCUT2D eigenvalue weighted by atomic mass is 10.0. The Labute approximate surface area is 185 Å². The molecular formula is C25H23FN4O2. The molecule has 0 unspecified atom stereocenters. The predicted molar refractivity (Wildman–Crippen MR) is 123 cm³/mol. The van der Waals surface area contributed by atoms with Crippen LogP contribution in [0.5, 0.6) is 0 Å². The quantitative estimate of drug-likeness (QED) is 0.526. The van der Waals surface area contributed by atoms with Gasteiger partial charge < -0.3 is 20.0 Å². The van der Waals surface area contributed by atoms with E-state index in [-0.39, 0.29) is 11.1 Å². The highest BCUT2D eigenvalue weighted by molar-refractivity contribution is 5.97. The molecule has 2 N–H and O–H groups in total. The number of anilines is 1. The van der Waals surface area contributed by atoms with Gasteiger partial charge >= 0.3 is 0 Å². The van der Waals surface area contributed by atoms with E-state index in [1.54, 1.807) is 18.3 Å². The van der Waals surface area contributed by atoms with Crippen LogP contribution in [0.25, 0.3) is 33.4 Å². The Balaban J connectivity index is 1.44. The van der Waals surface area contributed by atoms with Crippen molar-refractivity contribution >= 4 is 22.7 Å². The highest BCUT2D eigenvalue weighted by Gasteiger charge is 2.19. The summed E-state index contributed by atoms with van der Waals surface area (Å²) in [6.45, 7) is 4.16. The summed E-state index contributed by atoms with van der Waals surface area (Å²) in [6.07, 6.45) is 3.21. The number of nitrogens with zero attached hydrogens (tertiary/aromatic N) is 3. The van der Waals surface area contributed by atoms with Crippen molar-refractivity contribution in [2.75, 3.05) is 38.1 Å². The third-order valence-corrected chi connectivity index (χ3v) is 6.04. The van der Waals surface area contributed by atoms with Gasteiger partial charge in [-0.05, 0) is 36.9 Å². The predicted octanol–water partition coefficient (Wildman–Crippen LogP) is 4.15. The van der Waals surface area contributed by atoms with E-state index in [9.17, 15) is 9.18 Å². The summed E-state index contributed by atoms with van der Waals surface area (Å²) >= 11 is 0. The zero-order valence-corrected chi connectivity index (χ0v) is 17.7. The Morgan fingerprint density at radius 2 is 1.78 bits per heavy atom. The molecule has 5 rings (SSSR count). The molecule has 0 atom stereocenters. The van der Waals surface area contributed by atoms with Crippen molar-refractivity contribution in [2.24, 2.45) is 5.73 Å². The maximum atomic E-state index is 14.8. The number of benzene rings is 2. The lowest BCUT2D eigenvalue weighted by Gasteiger charge is -2.34. The van der Waals surface area contributed by atoms with Crippen LogP contribution in [0, 0.1) is 5.82 Å². The van der Waals surface area contributed by atoms with Gasteiger partial charge in [0.2, 0.25) is 0 Å². The SMILES string of the molecule is CN1CCN(c2ccc(-c3cnc4c(-c5cccc(C(N)=O)c5F)coc4c3)cc2)CC1. The van der Waals surface area contributed by atoms with Crippen LogP contribution in [-0.2, 0) is 0 Å². The van der Waals surface area contributed by atoms with Crippen LogP contribution < -0.4 is 10.6 Å². The molecule has 2 aromatic heterocycles. The first-order valence-electron chi connectivity index (χ1n) is 10.5. The van der Waals surface area contributed by atoms with Crippen LogP contribution in [0.15, 0.2) is 65.4 Å². The van der Waals surface area contributed by atoms with Gasteiger partial charge in [-0.15, -0.1) is 0 Å². The van der Waals surface area contributed by atoms with Crippen molar-refractivity contribution in [1.82, 2.24) is 9.88 Å². The van der Waals surface area contributed by atoms with Crippen molar-refractivity contribution in [3.8, 4) is 22.3 Å². The number of carbonyl (C=O) groups excluding carboxylic acids is 1. The van der Waals surface area contributed by atoms with E-state index in [4.69, 9.17) is 10.2 Å². The number of primary amides is 1. The van der Waals surface area contributed by atoms with Gasteiger partial charge in [0.1, 0.15) is 17.6 Å². The smallest absolute Gasteiger partial charge is 0.251 e. The zero-order chi connectivity index (χ0) is 22.2. The molecule has 1 amide bonds. The van der Waals surface area contributed by atoms with Gasteiger partial charge in [-0.1, -0.05) is 24.3 Å². The molecule has 1 fully saturated rings. The number of nitrogens with two attached hydrogens (primary N) is 1. The monoisotopic (exact) mass is 430 g/mol. The summed E-state index contributed by atoms with van der Waals surface area (Å²) in [5, 5.41) is 0. The van der Waals surface area contributed by atoms with Crippen molar-refractivity contribution in [3.63, 3.8) is 0 Å². The molecule has 32 heavy (non-hydrogen) atoms. The van der Waals surface area contributed by atoms with Crippen LogP contribution in [0.3, 0.4) is 0 Å². The normalized spacial score (nSPS) is 14.8. The molecule has 162 valence electrons. The van der Waals surface area contributed by atoms with Crippen LogP contribution in [0.2, 0.25) is 0 Å². The molecule has 0 saturated carbocycles. The van der Waals surface area contributed by atoms with Gasteiger partial charge in [-0.2, -0.15) is 0 Å². The van der Waals surface area contributed by atoms with Gasteiger partial charge in [0.15, 0.2) is 5.58 Å². The van der Waals surface area contributed by atoms with E-state index in [0.29, 0.717) is 16.7 Å². The van der Waals surface area contributed by atoms with E-state index < -0.39 is 11.7 Å². The number of furan rings is 1. The number of pyridine rings is 1. The lowest BCUT2D eigenvalue weighted by molar-refractivity contribution is 0.0996. The van der Waals surface area contributed by atoms with Crippen molar-refractivity contribution in [2.45, 2.75) is 0 Å². The van der Waals surface area contributed by atoms with E-state index in [2.05, 4.69) is 46.1 Å². The minimum atomic E-state index is -0.813. The van der Waals surface area contributed by atoms with Crippen LogP contribution in [0.4, 0.5) is 10.1 Å². The second-order valence-electron chi connectivity index (χ2n) is 8.09. The van der Waals surface area contributed by atoms with Crippen LogP contribution >= 0.6 is 0 Å². The number of rotatable bonds is 4. The minimum Gasteiger partial charge on any atom is -0.462 e. The van der Waals surface area contributed by atoms with Crippen LogP contribution in [0.1, 0.15) is 10.4 Å². The first kappa shape index (κ1) is 20.2. The maximum Gasteiger partial charge on any atom is 0.251 e. The first-order valence-corrected chi connectivity index (χ1v) is 10.5. The Bertz CT molecular complexity index is 1290. The van der Waals surface area contributed by atoms with Gasteiger partial charge in [-0.3, -0.25) is 9.78 Å². The number of likely N-dealkylation sites (N-methyl/N-ethyl adjacent to an activating group) is 1. The van der Waals surface area contributed by atoms with E-state index in [0.717, 1.165) is 37.3 Å². The second-order valence-corrected chi connectivity index (χ2v) is 8.09. The number of fused-ring (bicyclic) bond motifs is 1. The lowest BCUT2D eigenvalue weighted by Crippen LogP contribution is -2.44. The molecule has 2 aromatic carbocycles. The summed E-state index contributed by atoms with van der Waals surface area (Å²) < 4.78 is 20.5. The number of halogens is 1. The second kappa shape index (κ2) is 8.09. The highest BCUT2D eigenvalue weighted by atomic mass is 19.1. The summed E-state index contributed by atoms with van der Waals surface area (Å²) in [5.74, 6) is -1.49. The fraction of sp³-hybridized carbons (Fsp3) is 0.200. The van der Waals surface area contributed by atoms with Gasteiger partial charge in [-0.25, -0.2) is 4.39 Å². The number of hydrogen-bond acceptors (Lipinski definition) is 5. The Kier molecular flexibility index (Phi) is 5.11. The van der Waals surface area contributed by atoms with Gasteiger partial charge in [0.25, 0.3) is 5.91 Å². The molecule has 3 heterocycles. The third kappa shape index (κ3) is 3.61. The molecule has 1 aliphatic rings. The molecule has 6 nitrogen and oxygen atoms in total. The van der Waals surface area contributed by atoms with E-state index in [1.807, 2.05) is 6.07 Å². The molecule has 0 bridgehead atoms. The van der Waals surface area contributed by atoms with E-state index in [1.165, 1.54) is 18.0 Å². The fourth-order valence-corrected chi connectivity index (χ4v) is 4.12. The summed E-state index contributed by atoms with van der Waals surface area (Å²) in [6, 6.07) is 14.8. The molecule has 0 radical (unpaired) electrons. The molecule has 0 spiro atoms. The molecule has 7 heteroatoms. The number of hydrogen-bond donors (Lipinski definition) is 1. The number of carbonyl (C=O) groups is 1. The number of amides is 1. The third-order valence-electron chi connectivity index (χ3n) is 6.04. The van der Waals surface area contributed by atoms with Crippen LogP contribution in [-0.4, -0.2) is 49.0 Å². The van der Waals surface area contributed by atoms with Crippen molar-refractivity contribution in [3.05, 3.63) is 72.4 Å². The topological polar surface area (TPSA) is 75.6 Å². The zero-order valence-electron chi connectivity index (χ0n) is 17.7. The molecule has 4 aromatic rings. The summed E-state index contributed by atoms with van der Waals surface area (Å²) in [5.41, 5.74) is 10.1. The Morgan fingerprint density at radius 3 is 2.50 bits per heavy atom. The molecule has 1 saturated heterocycles. The number of aromatic nitrogens is 1. The molecular weight excluding hydrogens is 407 g/mol. The Hall–Kier alpha value is -3.71. The van der Waals surface area contributed by atoms with Gasteiger partial charge in [0.05, 0.1) is 5.56 Å². The summed E-state index contributed by atoms with van der Waals surface area (Å²) in [4.78, 5) is 20.7. The first-order chi connectivity index (χ1) is 15.5. The van der Waals surface area contributed by atoms with Gasteiger partial charge in [0, 0.05) is 54.8 Å². The minimum absolute atomic E-state index is 0.158. The van der Waals surface area contributed by atoms with E-state index >= 15 is 0 Å². The summed E-state index contributed by atoms with van der Waals surface area (Å²) in [7, 11) is 2.15. The average Bonchev–Trinajstić information content (AvgIpc) is 3.23. The maximum absolute atomic E-state index is 14.8. The average molecular weight is 430 g/mol. The van der Waals surface area contributed by atoms with Crippen molar-refractivity contribution < 1.29 is 13.6 Å².